The van der Waals surface area contributed by atoms with Gasteiger partial charge in [-0.3, -0.25) is 9.55 Å². The number of aromatic nitrogens is 4. The highest BCUT2D eigenvalue weighted by Gasteiger charge is 2.24. The summed E-state index contributed by atoms with van der Waals surface area (Å²) in [4.78, 5) is 10.5. The molecule has 0 fully saturated rings. The third-order valence-electron chi connectivity index (χ3n) is 11.6. The molecular weight excluding hydrogens is 697 g/mol. The second-order valence-corrected chi connectivity index (χ2v) is 16.0. The standard InChI is InChI=1S/C52H38N4O/c1-52(2,3)35-26-27-45(41(29-35)32-14-5-4-6-15-32)56-46-24-13-20-36(49(46)54-51(56)40-19-8-10-25-48(40)57)33-16-11-17-34(28-33)43-30-47-42(31-53-43)39-22-12-21-38-37-18-7-9-23-44(37)55(47)50(38)39/h4-31,57H,1-3H3. The van der Waals surface area contributed by atoms with E-state index in [1.54, 1.807) is 6.07 Å². The van der Waals surface area contributed by atoms with Crippen LogP contribution >= 0.6 is 0 Å². The molecule has 0 radical (unpaired) electrons. The lowest BCUT2D eigenvalue weighted by Crippen LogP contribution is -2.12. The topological polar surface area (TPSA) is 55.3 Å². The molecule has 11 aromatic rings. The zero-order chi connectivity index (χ0) is 38.4. The Kier molecular flexibility index (Phi) is 7.20. The summed E-state index contributed by atoms with van der Waals surface area (Å²) in [5.41, 5.74) is 14.5. The average molecular weight is 735 g/mol. The van der Waals surface area contributed by atoms with Gasteiger partial charge in [0, 0.05) is 44.4 Å². The maximum atomic E-state index is 11.3. The fourth-order valence-corrected chi connectivity index (χ4v) is 8.79. The van der Waals surface area contributed by atoms with Crippen LogP contribution in [0.1, 0.15) is 26.3 Å². The predicted molar refractivity (Wildman–Crippen MR) is 236 cm³/mol. The largest absolute Gasteiger partial charge is 0.507 e. The maximum Gasteiger partial charge on any atom is 0.149 e. The van der Waals surface area contributed by atoms with Crippen LogP contribution in [0.2, 0.25) is 0 Å². The summed E-state index contributed by atoms with van der Waals surface area (Å²) >= 11 is 0. The Balaban J connectivity index is 1.12. The van der Waals surface area contributed by atoms with Crippen molar-refractivity contribution < 1.29 is 5.11 Å². The molecule has 4 heterocycles. The van der Waals surface area contributed by atoms with Crippen LogP contribution < -0.4 is 0 Å². The summed E-state index contributed by atoms with van der Waals surface area (Å²) in [7, 11) is 0. The average Bonchev–Trinajstić information content (AvgIpc) is 3.91. The van der Waals surface area contributed by atoms with Crippen LogP contribution in [0.15, 0.2) is 170 Å². The van der Waals surface area contributed by atoms with Crippen molar-refractivity contribution in [1.82, 2.24) is 18.9 Å². The number of pyridine rings is 1. The molecule has 0 unspecified atom stereocenters. The smallest absolute Gasteiger partial charge is 0.149 e. The first-order valence-corrected chi connectivity index (χ1v) is 19.5. The van der Waals surface area contributed by atoms with Crippen molar-refractivity contribution in [2.75, 3.05) is 0 Å². The number of para-hydroxylation sites is 4. The van der Waals surface area contributed by atoms with Crippen LogP contribution in [0.25, 0.3) is 99.7 Å². The minimum absolute atomic E-state index is 0.0443. The Morgan fingerprint density at radius 1 is 0.509 bits per heavy atom. The van der Waals surface area contributed by atoms with Crippen molar-refractivity contribution in [3.63, 3.8) is 0 Å². The number of aromatic hydroxyl groups is 1. The van der Waals surface area contributed by atoms with Gasteiger partial charge in [0.05, 0.1) is 44.5 Å². The predicted octanol–water partition coefficient (Wildman–Crippen LogP) is 13.2. The SMILES string of the molecule is CC(C)(C)c1ccc(-n2c(-c3ccccc3O)nc3c(-c4cccc(-c5cc6c(cn5)c5cccc7c8ccccc8n6c75)c4)cccc32)c(-c2ccccc2)c1. The lowest BCUT2D eigenvalue weighted by molar-refractivity contribution is 0.477. The molecule has 57 heavy (non-hydrogen) atoms. The molecular formula is C52H38N4O. The van der Waals surface area contributed by atoms with Crippen molar-refractivity contribution in [3.8, 4) is 56.3 Å². The van der Waals surface area contributed by atoms with E-state index >= 15 is 0 Å². The molecule has 0 spiro atoms. The van der Waals surface area contributed by atoms with Crippen LogP contribution in [0.3, 0.4) is 0 Å². The van der Waals surface area contributed by atoms with Gasteiger partial charge in [-0.15, -0.1) is 0 Å². The quantitative estimate of drug-likeness (QED) is 0.192. The second kappa shape index (κ2) is 12.4. The van der Waals surface area contributed by atoms with Crippen LogP contribution in [-0.4, -0.2) is 24.0 Å². The van der Waals surface area contributed by atoms with E-state index in [0.717, 1.165) is 61.1 Å². The maximum absolute atomic E-state index is 11.3. The number of benzene rings is 7. The van der Waals surface area contributed by atoms with Gasteiger partial charge in [-0.2, -0.15) is 0 Å². The van der Waals surface area contributed by atoms with E-state index in [2.05, 4.69) is 169 Å². The first-order chi connectivity index (χ1) is 27.8. The van der Waals surface area contributed by atoms with Gasteiger partial charge in [-0.05, 0) is 70.6 Å². The Morgan fingerprint density at radius 2 is 1.18 bits per heavy atom. The minimum Gasteiger partial charge on any atom is -0.507 e. The molecule has 1 N–H and O–H groups in total. The first kappa shape index (κ1) is 33.1. The van der Waals surface area contributed by atoms with E-state index in [0.29, 0.717) is 11.4 Å². The zero-order valence-corrected chi connectivity index (χ0v) is 31.9. The number of imidazole rings is 1. The monoisotopic (exact) mass is 734 g/mol. The van der Waals surface area contributed by atoms with Crippen LogP contribution in [0.5, 0.6) is 5.75 Å². The number of hydrogen-bond acceptors (Lipinski definition) is 3. The van der Waals surface area contributed by atoms with Crippen molar-refractivity contribution in [2.45, 2.75) is 26.2 Å². The van der Waals surface area contributed by atoms with Gasteiger partial charge < -0.3 is 9.51 Å². The Bertz CT molecular complexity index is 3350. The van der Waals surface area contributed by atoms with Gasteiger partial charge in [-0.1, -0.05) is 136 Å². The number of phenolic OH excluding ortho intramolecular Hbond substituents is 1. The van der Waals surface area contributed by atoms with Gasteiger partial charge in [0.25, 0.3) is 0 Å². The van der Waals surface area contributed by atoms with E-state index in [1.807, 2.05) is 24.4 Å². The van der Waals surface area contributed by atoms with E-state index in [9.17, 15) is 5.11 Å². The Morgan fingerprint density at radius 3 is 2.02 bits per heavy atom. The highest BCUT2D eigenvalue weighted by Crippen LogP contribution is 2.43. The molecule has 0 saturated carbocycles. The molecule has 0 amide bonds. The molecule has 5 heteroatoms. The number of rotatable bonds is 5. The second-order valence-electron chi connectivity index (χ2n) is 16.0. The summed E-state index contributed by atoms with van der Waals surface area (Å²) in [5, 5.41) is 16.2. The highest BCUT2D eigenvalue weighted by atomic mass is 16.3. The molecule has 4 aromatic heterocycles. The number of nitrogens with zero attached hydrogens (tertiary/aromatic N) is 4. The summed E-state index contributed by atoms with van der Waals surface area (Å²) in [5.74, 6) is 0.861. The summed E-state index contributed by atoms with van der Waals surface area (Å²) in [6, 6.07) is 57.2. The third-order valence-corrected chi connectivity index (χ3v) is 11.6. The van der Waals surface area contributed by atoms with Crippen LogP contribution in [-0.2, 0) is 5.41 Å². The van der Waals surface area contributed by atoms with E-state index < -0.39 is 0 Å². The van der Waals surface area contributed by atoms with E-state index in [1.165, 1.54) is 32.8 Å². The number of fused-ring (bicyclic) bond motifs is 7. The minimum atomic E-state index is -0.0443. The molecule has 5 nitrogen and oxygen atoms in total. The van der Waals surface area contributed by atoms with Gasteiger partial charge in [-0.25, -0.2) is 4.98 Å². The molecule has 0 bridgehead atoms. The molecule has 0 saturated heterocycles. The van der Waals surface area contributed by atoms with E-state index in [4.69, 9.17) is 9.97 Å². The van der Waals surface area contributed by atoms with Crippen molar-refractivity contribution >= 4 is 49.1 Å². The van der Waals surface area contributed by atoms with Gasteiger partial charge in [0.15, 0.2) is 0 Å². The normalized spacial score (nSPS) is 12.2. The molecule has 0 atom stereocenters. The van der Waals surface area contributed by atoms with Gasteiger partial charge in [0.1, 0.15) is 11.6 Å². The Labute approximate surface area is 330 Å². The van der Waals surface area contributed by atoms with Crippen molar-refractivity contribution in [2.24, 2.45) is 0 Å². The summed E-state index contributed by atoms with van der Waals surface area (Å²) in [6.07, 6.45) is 2.03. The molecule has 272 valence electrons. The first-order valence-electron chi connectivity index (χ1n) is 19.5. The van der Waals surface area contributed by atoms with Crippen LogP contribution in [0, 0.1) is 0 Å². The summed E-state index contributed by atoms with van der Waals surface area (Å²) < 4.78 is 4.62. The fraction of sp³-hybridized carbons (Fsp3) is 0.0769. The molecule has 0 aliphatic heterocycles. The highest BCUT2D eigenvalue weighted by molar-refractivity contribution is 6.23. The van der Waals surface area contributed by atoms with Gasteiger partial charge in [0.2, 0.25) is 0 Å². The van der Waals surface area contributed by atoms with E-state index in [-0.39, 0.29) is 11.2 Å². The van der Waals surface area contributed by atoms with Crippen molar-refractivity contribution in [3.05, 3.63) is 176 Å². The Hall–Kier alpha value is -7.24. The molecule has 0 aliphatic rings. The van der Waals surface area contributed by atoms with Gasteiger partial charge >= 0.3 is 0 Å². The summed E-state index contributed by atoms with van der Waals surface area (Å²) in [6.45, 7) is 6.74. The van der Waals surface area contributed by atoms with Crippen molar-refractivity contribution in [1.29, 1.82) is 0 Å². The zero-order valence-electron chi connectivity index (χ0n) is 31.9. The fourth-order valence-electron chi connectivity index (χ4n) is 8.79. The lowest BCUT2D eigenvalue weighted by Gasteiger charge is -2.23. The number of phenols is 1. The third kappa shape index (κ3) is 5.09. The van der Waals surface area contributed by atoms with Crippen LogP contribution in [0.4, 0.5) is 0 Å². The molecule has 7 aromatic carbocycles. The number of hydrogen-bond donors (Lipinski definition) is 1. The molecule has 0 aliphatic carbocycles. The molecule has 11 rings (SSSR count). The lowest BCUT2D eigenvalue weighted by atomic mass is 9.85.